The van der Waals surface area contributed by atoms with Gasteiger partial charge in [-0.3, -0.25) is 0 Å². The topological polar surface area (TPSA) is 110 Å². The summed E-state index contributed by atoms with van der Waals surface area (Å²) in [6, 6.07) is 4.72. The van der Waals surface area contributed by atoms with Crippen molar-refractivity contribution in [3.05, 3.63) is 35.4 Å². The lowest BCUT2D eigenvalue weighted by molar-refractivity contribution is 0.0686. The Morgan fingerprint density at radius 1 is 1.04 bits per heavy atom. The number of aryl methyl sites for hydroxylation is 2. The standard InChI is InChI=1S/C16H11NO6/c1-6-3-8-12(11-5-10(16(19)20)17-23-11)14-9(4-7(2)21-14)13(18)15(8)22-6/h3-5,18H,1-2H3,(H,19,20). The summed E-state index contributed by atoms with van der Waals surface area (Å²) in [6.45, 7) is 3.50. The number of hydrogen-bond acceptors (Lipinski definition) is 6. The van der Waals surface area contributed by atoms with Crippen LogP contribution in [0.15, 0.2) is 31.6 Å². The number of fused-ring (bicyclic) bond motifs is 2. The van der Waals surface area contributed by atoms with Gasteiger partial charge in [0.05, 0.1) is 10.9 Å². The molecule has 0 radical (unpaired) electrons. The van der Waals surface area contributed by atoms with Gasteiger partial charge in [-0.2, -0.15) is 0 Å². The zero-order chi connectivity index (χ0) is 16.3. The molecule has 0 aliphatic rings. The molecule has 4 rings (SSSR count). The number of benzene rings is 1. The molecule has 0 aliphatic carbocycles. The Kier molecular flexibility index (Phi) is 2.57. The second-order valence-corrected chi connectivity index (χ2v) is 5.30. The Balaban J connectivity index is 2.16. The second-order valence-electron chi connectivity index (χ2n) is 5.30. The highest BCUT2D eigenvalue weighted by molar-refractivity contribution is 6.13. The summed E-state index contributed by atoms with van der Waals surface area (Å²) in [6.07, 6.45) is 0. The maximum absolute atomic E-state index is 11.0. The Hall–Kier alpha value is -3.22. The van der Waals surface area contributed by atoms with Gasteiger partial charge in [-0.1, -0.05) is 5.16 Å². The van der Waals surface area contributed by atoms with E-state index in [0.29, 0.717) is 39.0 Å². The molecular formula is C16H11NO6. The van der Waals surface area contributed by atoms with Crippen LogP contribution in [0.5, 0.6) is 5.75 Å². The zero-order valence-corrected chi connectivity index (χ0v) is 12.2. The SMILES string of the molecule is Cc1cc2c(-c3cc(C(=O)O)no3)c3oc(C)cc3c(O)c2o1. The maximum Gasteiger partial charge on any atom is 0.358 e. The third-order valence-corrected chi connectivity index (χ3v) is 3.65. The minimum atomic E-state index is -1.19. The molecule has 3 heterocycles. The fraction of sp³-hybridized carbons (Fsp3) is 0.125. The molecule has 0 spiro atoms. The highest BCUT2D eigenvalue weighted by Gasteiger charge is 2.24. The number of aromatic hydroxyl groups is 1. The van der Waals surface area contributed by atoms with E-state index in [9.17, 15) is 9.90 Å². The zero-order valence-electron chi connectivity index (χ0n) is 12.2. The van der Waals surface area contributed by atoms with Crippen LogP contribution in [0.4, 0.5) is 0 Å². The van der Waals surface area contributed by atoms with Crippen LogP contribution in [-0.4, -0.2) is 21.3 Å². The average Bonchev–Trinajstić information content (AvgIpc) is 3.17. The van der Waals surface area contributed by atoms with Gasteiger partial charge < -0.3 is 23.6 Å². The number of carbonyl (C=O) groups is 1. The van der Waals surface area contributed by atoms with Gasteiger partial charge in [0.1, 0.15) is 17.1 Å². The molecule has 0 atom stereocenters. The molecule has 0 saturated carbocycles. The molecule has 0 saturated heterocycles. The van der Waals surface area contributed by atoms with Crippen molar-refractivity contribution in [2.24, 2.45) is 0 Å². The van der Waals surface area contributed by atoms with Crippen LogP contribution < -0.4 is 0 Å². The number of furan rings is 2. The predicted molar refractivity (Wildman–Crippen MR) is 79.6 cm³/mol. The first kappa shape index (κ1) is 13.4. The van der Waals surface area contributed by atoms with E-state index in [1.807, 2.05) is 0 Å². The number of aromatic carboxylic acids is 1. The first-order valence-electron chi connectivity index (χ1n) is 6.81. The Labute approximate surface area is 128 Å². The number of phenolic OH excluding ortho intramolecular Hbond substituents is 1. The van der Waals surface area contributed by atoms with Crippen molar-refractivity contribution in [3.8, 4) is 17.1 Å². The quantitative estimate of drug-likeness (QED) is 0.578. The first-order chi connectivity index (χ1) is 11.0. The Bertz CT molecular complexity index is 1020. The number of phenols is 1. The van der Waals surface area contributed by atoms with E-state index in [4.69, 9.17) is 18.5 Å². The van der Waals surface area contributed by atoms with Crippen molar-refractivity contribution in [2.75, 3.05) is 0 Å². The van der Waals surface area contributed by atoms with Crippen LogP contribution in [0.3, 0.4) is 0 Å². The van der Waals surface area contributed by atoms with Crippen LogP contribution >= 0.6 is 0 Å². The molecule has 2 N–H and O–H groups in total. The van der Waals surface area contributed by atoms with Crippen LogP contribution in [0.1, 0.15) is 22.0 Å². The molecule has 7 heteroatoms. The van der Waals surface area contributed by atoms with E-state index in [1.165, 1.54) is 6.07 Å². The van der Waals surface area contributed by atoms with Crippen molar-refractivity contribution >= 4 is 27.9 Å². The van der Waals surface area contributed by atoms with Crippen molar-refractivity contribution in [3.63, 3.8) is 0 Å². The van der Waals surface area contributed by atoms with Crippen LogP contribution in [-0.2, 0) is 0 Å². The summed E-state index contributed by atoms with van der Waals surface area (Å²) < 4.78 is 16.4. The molecule has 3 aromatic heterocycles. The van der Waals surface area contributed by atoms with Crippen LogP contribution in [0, 0.1) is 13.8 Å². The van der Waals surface area contributed by atoms with Gasteiger partial charge in [-0.15, -0.1) is 0 Å². The van der Waals surface area contributed by atoms with Crippen molar-refractivity contribution in [1.29, 1.82) is 0 Å². The fourth-order valence-electron chi connectivity index (χ4n) is 2.73. The maximum atomic E-state index is 11.0. The van der Waals surface area contributed by atoms with Crippen LogP contribution in [0.2, 0.25) is 0 Å². The molecule has 0 amide bonds. The number of nitrogens with zero attached hydrogens (tertiary/aromatic N) is 1. The first-order valence-corrected chi connectivity index (χ1v) is 6.81. The van der Waals surface area contributed by atoms with Gasteiger partial charge in [0, 0.05) is 11.5 Å². The van der Waals surface area contributed by atoms with Crippen LogP contribution in [0.25, 0.3) is 33.3 Å². The summed E-state index contributed by atoms with van der Waals surface area (Å²) in [5, 5.41) is 24.0. The van der Waals surface area contributed by atoms with E-state index in [2.05, 4.69) is 5.16 Å². The lowest BCUT2D eigenvalue weighted by Gasteiger charge is -2.02. The van der Waals surface area contributed by atoms with E-state index in [-0.39, 0.29) is 17.2 Å². The molecule has 1 aromatic carbocycles. The van der Waals surface area contributed by atoms with Crippen molar-refractivity contribution in [1.82, 2.24) is 5.16 Å². The summed E-state index contributed by atoms with van der Waals surface area (Å²) >= 11 is 0. The number of hydrogen-bond donors (Lipinski definition) is 2. The van der Waals surface area contributed by atoms with Gasteiger partial charge in [0.2, 0.25) is 0 Å². The van der Waals surface area contributed by atoms with Crippen molar-refractivity contribution in [2.45, 2.75) is 13.8 Å². The lowest BCUT2D eigenvalue weighted by atomic mass is 10.0. The van der Waals surface area contributed by atoms with E-state index >= 15 is 0 Å². The highest BCUT2D eigenvalue weighted by atomic mass is 16.5. The highest BCUT2D eigenvalue weighted by Crippen LogP contribution is 2.45. The van der Waals surface area contributed by atoms with Gasteiger partial charge in [-0.05, 0) is 26.0 Å². The summed E-state index contributed by atoms with van der Waals surface area (Å²) in [5.74, 6) is 0.206. The molecule has 0 fully saturated rings. The fourth-order valence-corrected chi connectivity index (χ4v) is 2.73. The molecule has 0 bridgehead atoms. The largest absolute Gasteiger partial charge is 0.504 e. The minimum absolute atomic E-state index is 0.0262. The molecule has 23 heavy (non-hydrogen) atoms. The molecule has 0 aliphatic heterocycles. The average molecular weight is 313 g/mol. The third kappa shape index (κ3) is 1.83. The number of carboxylic acids is 1. The smallest absolute Gasteiger partial charge is 0.358 e. The Morgan fingerprint density at radius 2 is 1.70 bits per heavy atom. The van der Waals surface area contributed by atoms with E-state index < -0.39 is 5.97 Å². The molecule has 4 aromatic rings. The molecule has 0 unspecified atom stereocenters. The third-order valence-electron chi connectivity index (χ3n) is 3.65. The monoisotopic (exact) mass is 313 g/mol. The van der Waals surface area contributed by atoms with Gasteiger partial charge in [0.15, 0.2) is 22.8 Å². The summed E-state index contributed by atoms with van der Waals surface area (Å²) in [4.78, 5) is 11.0. The molecule has 7 nitrogen and oxygen atoms in total. The molecular weight excluding hydrogens is 302 g/mol. The summed E-state index contributed by atoms with van der Waals surface area (Å²) in [5.41, 5.74) is 0.969. The van der Waals surface area contributed by atoms with Gasteiger partial charge in [0.25, 0.3) is 0 Å². The molecule has 116 valence electrons. The van der Waals surface area contributed by atoms with Gasteiger partial charge >= 0.3 is 5.97 Å². The summed E-state index contributed by atoms with van der Waals surface area (Å²) in [7, 11) is 0. The van der Waals surface area contributed by atoms with E-state index in [0.717, 1.165) is 0 Å². The Morgan fingerprint density at radius 3 is 2.35 bits per heavy atom. The number of aromatic nitrogens is 1. The predicted octanol–water partition coefficient (Wildman–Crippen LogP) is 3.85. The number of rotatable bonds is 2. The minimum Gasteiger partial charge on any atom is -0.504 e. The second kappa shape index (κ2) is 4.39. The normalized spacial score (nSPS) is 11.6. The van der Waals surface area contributed by atoms with E-state index in [1.54, 1.807) is 26.0 Å². The number of carboxylic acid groups (broad SMARTS) is 1. The lowest BCUT2D eigenvalue weighted by Crippen LogP contribution is -1.94. The van der Waals surface area contributed by atoms with Gasteiger partial charge in [-0.25, -0.2) is 4.79 Å². The van der Waals surface area contributed by atoms with Crippen molar-refractivity contribution < 1.29 is 28.4 Å².